The molecule has 0 spiro atoms. The van der Waals surface area contributed by atoms with E-state index in [4.69, 9.17) is 29.0 Å². The Kier molecular flexibility index (Phi) is 7.18. The number of nitrogens with zero attached hydrogens (tertiary/aromatic N) is 6. The Morgan fingerprint density at radius 3 is 2.09 bits per heavy atom. The number of likely N-dealkylation sites (tertiary alicyclic amines) is 1. The van der Waals surface area contributed by atoms with Gasteiger partial charge in [-0.05, 0) is 65.5 Å². The van der Waals surface area contributed by atoms with Gasteiger partial charge in [0.2, 0.25) is 5.82 Å². The number of nitrogens with two attached hydrogens (primary N) is 1. The van der Waals surface area contributed by atoms with Gasteiger partial charge in [0.1, 0.15) is 11.6 Å². The van der Waals surface area contributed by atoms with Crippen LogP contribution in [0.1, 0.15) is 50.2 Å². The second-order valence-corrected chi connectivity index (χ2v) is 9.43. The van der Waals surface area contributed by atoms with E-state index in [9.17, 15) is 8.78 Å². The summed E-state index contributed by atoms with van der Waals surface area (Å²) in [4.78, 5) is 20.3. The zero-order chi connectivity index (χ0) is 23.8. The number of anilines is 2. The van der Waals surface area contributed by atoms with E-state index in [2.05, 4.69) is 35.2 Å². The summed E-state index contributed by atoms with van der Waals surface area (Å²) in [6, 6.07) is 0.357. The van der Waals surface area contributed by atoms with Crippen molar-refractivity contribution in [3.63, 3.8) is 0 Å². The lowest BCUT2D eigenvalue weighted by Crippen LogP contribution is -2.51. The van der Waals surface area contributed by atoms with E-state index < -0.39 is 11.6 Å². The van der Waals surface area contributed by atoms with E-state index in [1.165, 1.54) is 38.8 Å². The highest BCUT2D eigenvalue weighted by molar-refractivity contribution is 6.33. The fourth-order valence-electron chi connectivity index (χ4n) is 5.05. The minimum atomic E-state index is -0.770. The SMILES string of the molecule is Cc1nc(Cl)c(F)c(Cl)n1.Cc1nc(NN)c(F)c(N2CCC[C@H]2C2(N3CCCC3)CC2)n1. The van der Waals surface area contributed by atoms with Crippen molar-refractivity contribution < 1.29 is 8.78 Å². The molecule has 0 amide bonds. The maximum Gasteiger partial charge on any atom is 0.209 e. The van der Waals surface area contributed by atoms with E-state index in [1.54, 1.807) is 13.8 Å². The average molecular weight is 501 g/mol. The van der Waals surface area contributed by atoms with Gasteiger partial charge in [0.15, 0.2) is 27.8 Å². The molecule has 2 saturated heterocycles. The number of nitrogens with one attached hydrogen (secondary N) is 1. The molecule has 0 radical (unpaired) electrons. The molecule has 33 heavy (non-hydrogen) atoms. The van der Waals surface area contributed by atoms with Crippen LogP contribution in [0.5, 0.6) is 0 Å². The number of aromatic nitrogens is 4. The topological polar surface area (TPSA) is 96.1 Å². The maximum atomic E-state index is 14.7. The van der Waals surface area contributed by atoms with Crippen molar-refractivity contribution >= 4 is 34.8 Å². The third-order valence-electron chi connectivity index (χ3n) is 6.61. The molecule has 5 rings (SSSR count). The zero-order valence-corrected chi connectivity index (χ0v) is 20.2. The van der Waals surface area contributed by atoms with Crippen LogP contribution in [-0.2, 0) is 0 Å². The van der Waals surface area contributed by atoms with Crippen LogP contribution in [0.2, 0.25) is 10.3 Å². The molecule has 4 heterocycles. The van der Waals surface area contributed by atoms with E-state index in [-0.39, 0.29) is 21.7 Å². The van der Waals surface area contributed by atoms with Gasteiger partial charge >= 0.3 is 0 Å². The minimum Gasteiger partial charge on any atom is -0.349 e. The number of hydrazine groups is 1. The largest absolute Gasteiger partial charge is 0.349 e. The number of aryl methyl sites for hydroxylation is 2. The van der Waals surface area contributed by atoms with Crippen LogP contribution in [0.15, 0.2) is 0 Å². The van der Waals surface area contributed by atoms with Gasteiger partial charge in [0.05, 0.1) is 0 Å². The first-order chi connectivity index (χ1) is 15.8. The number of nitrogen functional groups attached to an aromatic ring is 1. The third-order valence-corrected chi connectivity index (χ3v) is 7.11. The second-order valence-electron chi connectivity index (χ2n) is 8.72. The lowest BCUT2D eigenvalue weighted by molar-refractivity contribution is 0.187. The quantitative estimate of drug-likeness (QED) is 0.368. The Morgan fingerprint density at radius 1 is 0.909 bits per heavy atom. The van der Waals surface area contributed by atoms with Gasteiger partial charge in [-0.3, -0.25) is 4.90 Å². The summed E-state index contributed by atoms with van der Waals surface area (Å²) >= 11 is 10.6. The average Bonchev–Trinajstić information content (AvgIpc) is 3.18. The van der Waals surface area contributed by atoms with Gasteiger partial charge in [0.25, 0.3) is 0 Å². The smallest absolute Gasteiger partial charge is 0.209 e. The molecule has 3 fully saturated rings. The molecular weight excluding hydrogens is 473 g/mol. The van der Waals surface area contributed by atoms with Crippen LogP contribution < -0.4 is 16.2 Å². The number of rotatable bonds is 4. The van der Waals surface area contributed by atoms with Crippen LogP contribution in [0.4, 0.5) is 20.4 Å². The highest BCUT2D eigenvalue weighted by Crippen LogP contribution is 2.51. The van der Waals surface area contributed by atoms with Crippen molar-refractivity contribution in [3.05, 3.63) is 33.6 Å². The minimum absolute atomic E-state index is 0.0872. The summed E-state index contributed by atoms with van der Waals surface area (Å²) in [5, 5.41) is -0.477. The third kappa shape index (κ3) is 4.84. The molecular formula is C21H28Cl2F2N8. The van der Waals surface area contributed by atoms with Crippen molar-refractivity contribution in [3.8, 4) is 0 Å². The van der Waals surface area contributed by atoms with E-state index in [0.29, 0.717) is 23.5 Å². The Labute approximate surface area is 201 Å². The molecule has 0 bridgehead atoms. The van der Waals surface area contributed by atoms with Crippen LogP contribution in [0.3, 0.4) is 0 Å². The molecule has 2 aliphatic heterocycles. The molecule has 8 nitrogen and oxygen atoms in total. The highest BCUT2D eigenvalue weighted by Gasteiger charge is 2.57. The number of hydrogen-bond acceptors (Lipinski definition) is 8. The summed E-state index contributed by atoms with van der Waals surface area (Å²) < 4.78 is 27.3. The van der Waals surface area contributed by atoms with Crippen LogP contribution in [0, 0.1) is 25.5 Å². The van der Waals surface area contributed by atoms with Gasteiger partial charge < -0.3 is 10.3 Å². The van der Waals surface area contributed by atoms with Crippen molar-refractivity contribution in [1.82, 2.24) is 24.8 Å². The fraction of sp³-hybridized carbons (Fsp3) is 0.619. The standard InChI is InChI=1S/C16H25FN6.C5H3Cl2FN2/c1-11-19-14(21-18)13(17)15(20-11)23-10-4-5-12(23)16(6-7-16)22-8-2-3-9-22;1-2-9-4(6)3(8)5(7)10-2/h12H,2-10,18H2,1H3,(H,19,20,21);1H3/t12-;/m0./s1. The van der Waals surface area contributed by atoms with Crippen molar-refractivity contribution in [2.45, 2.75) is 64.0 Å². The molecule has 1 aliphatic carbocycles. The number of hydrogen-bond donors (Lipinski definition) is 2. The number of halogens is 4. The molecule has 3 N–H and O–H groups in total. The first-order valence-corrected chi connectivity index (χ1v) is 11.9. The second kappa shape index (κ2) is 9.77. The summed E-state index contributed by atoms with van der Waals surface area (Å²) in [5.41, 5.74) is 2.61. The van der Waals surface area contributed by atoms with E-state index in [1.807, 2.05) is 0 Å². The lowest BCUT2D eigenvalue weighted by Gasteiger charge is -2.38. The molecule has 3 aliphatic rings. The normalized spacial score (nSPS) is 21.7. The summed E-state index contributed by atoms with van der Waals surface area (Å²) in [7, 11) is 0. The van der Waals surface area contributed by atoms with Gasteiger partial charge in [-0.15, -0.1) is 0 Å². The van der Waals surface area contributed by atoms with Gasteiger partial charge in [-0.1, -0.05) is 23.2 Å². The molecule has 12 heteroatoms. The molecule has 0 unspecified atom stereocenters. The highest BCUT2D eigenvalue weighted by atomic mass is 35.5. The first kappa shape index (κ1) is 24.3. The van der Waals surface area contributed by atoms with Gasteiger partial charge in [-0.2, -0.15) is 4.39 Å². The van der Waals surface area contributed by atoms with Gasteiger partial charge in [0, 0.05) is 18.1 Å². The Hall–Kier alpha value is -1.88. The Balaban J connectivity index is 0.000000219. The van der Waals surface area contributed by atoms with E-state index >= 15 is 0 Å². The van der Waals surface area contributed by atoms with Crippen LogP contribution in [0.25, 0.3) is 0 Å². The fourth-order valence-corrected chi connectivity index (χ4v) is 5.52. The van der Waals surface area contributed by atoms with Crippen molar-refractivity contribution in [2.24, 2.45) is 5.84 Å². The predicted molar refractivity (Wildman–Crippen MR) is 124 cm³/mol. The predicted octanol–water partition coefficient (Wildman–Crippen LogP) is 4.04. The Bertz CT molecular complexity index is 991. The molecule has 2 aromatic rings. The van der Waals surface area contributed by atoms with Crippen molar-refractivity contribution in [1.29, 1.82) is 0 Å². The maximum absolute atomic E-state index is 14.7. The molecule has 2 aromatic heterocycles. The molecule has 1 atom stereocenters. The van der Waals surface area contributed by atoms with Crippen molar-refractivity contribution in [2.75, 3.05) is 30.0 Å². The molecule has 0 aromatic carbocycles. The Morgan fingerprint density at radius 2 is 1.52 bits per heavy atom. The summed E-state index contributed by atoms with van der Waals surface area (Å²) in [6.07, 6.45) is 7.23. The van der Waals surface area contributed by atoms with E-state index in [0.717, 1.165) is 19.4 Å². The van der Waals surface area contributed by atoms with Crippen LogP contribution >= 0.6 is 23.2 Å². The molecule has 180 valence electrons. The zero-order valence-electron chi connectivity index (χ0n) is 18.7. The van der Waals surface area contributed by atoms with Gasteiger partial charge in [-0.25, -0.2) is 30.2 Å². The lowest BCUT2D eigenvalue weighted by atomic mass is 10.0. The summed E-state index contributed by atoms with van der Waals surface area (Å²) in [5.74, 6) is 5.62. The van der Waals surface area contributed by atoms with Crippen LogP contribution in [-0.4, -0.2) is 56.1 Å². The monoisotopic (exact) mass is 500 g/mol. The first-order valence-electron chi connectivity index (χ1n) is 11.1. The molecule has 1 saturated carbocycles. The summed E-state index contributed by atoms with van der Waals surface area (Å²) in [6.45, 7) is 6.59.